The smallest absolute Gasteiger partial charge is 0.242 e. The number of thioether (sulfide) groups is 1. The summed E-state index contributed by atoms with van der Waals surface area (Å²) >= 11 is 1.41. The fourth-order valence-corrected chi connectivity index (χ4v) is 4.79. The van der Waals surface area contributed by atoms with Crippen molar-refractivity contribution in [1.82, 2.24) is 13.9 Å². The van der Waals surface area contributed by atoms with Crippen LogP contribution >= 0.6 is 11.8 Å². The molecule has 0 spiro atoms. The molecule has 1 aromatic heterocycles. The second kappa shape index (κ2) is 9.53. The number of carbonyl (C=O) groups is 1. The van der Waals surface area contributed by atoms with Gasteiger partial charge in [0.2, 0.25) is 15.9 Å². The van der Waals surface area contributed by atoms with Crippen LogP contribution in [0.2, 0.25) is 0 Å². The van der Waals surface area contributed by atoms with Gasteiger partial charge in [-0.05, 0) is 51.3 Å². The summed E-state index contributed by atoms with van der Waals surface area (Å²) in [5.74, 6) is 0.265. The van der Waals surface area contributed by atoms with Crippen molar-refractivity contribution in [2.24, 2.45) is 5.92 Å². The Kier molecular flexibility index (Phi) is 7.76. The predicted octanol–water partition coefficient (Wildman–Crippen LogP) is 3.83. The molecule has 0 fully saturated rings. The van der Waals surface area contributed by atoms with E-state index in [0.29, 0.717) is 11.6 Å². The lowest BCUT2D eigenvalue weighted by Gasteiger charge is -2.17. The lowest BCUT2D eigenvalue weighted by Crippen LogP contribution is -2.25. The normalized spacial score (nSPS) is 13.1. The Hall–Kier alpha value is -1.84. The second-order valence-electron chi connectivity index (χ2n) is 8.08. The van der Waals surface area contributed by atoms with Crippen molar-refractivity contribution < 1.29 is 13.2 Å². The standard InChI is InChI=1S/C21H32N4O3S2/c1-13(2)12-25-16(5)15(4)22-21(25)29-17(6)20(26)23-19-11-18(10-9-14(19)3)30(27,28)24(7)8/h9-11,13,17H,12H2,1-8H3,(H,23,26). The Morgan fingerprint density at radius 1 is 1.20 bits per heavy atom. The summed E-state index contributed by atoms with van der Waals surface area (Å²) in [4.78, 5) is 17.6. The highest BCUT2D eigenvalue weighted by atomic mass is 32.2. The minimum absolute atomic E-state index is 0.146. The number of aromatic nitrogens is 2. The number of amides is 1. The molecule has 166 valence electrons. The quantitative estimate of drug-likeness (QED) is 0.615. The third kappa shape index (κ3) is 5.44. The summed E-state index contributed by atoms with van der Waals surface area (Å²) in [7, 11) is -0.613. The Morgan fingerprint density at radius 3 is 2.40 bits per heavy atom. The van der Waals surface area contributed by atoms with Crippen LogP contribution in [0.25, 0.3) is 0 Å². The highest BCUT2D eigenvalue weighted by molar-refractivity contribution is 8.00. The van der Waals surface area contributed by atoms with Crippen LogP contribution in [0.4, 0.5) is 5.69 Å². The number of hydrogen-bond donors (Lipinski definition) is 1. The topological polar surface area (TPSA) is 84.3 Å². The first-order valence-electron chi connectivity index (χ1n) is 9.89. The van der Waals surface area contributed by atoms with Crippen LogP contribution in [-0.2, 0) is 21.4 Å². The monoisotopic (exact) mass is 452 g/mol. The van der Waals surface area contributed by atoms with Crippen LogP contribution in [0, 0.1) is 26.7 Å². The molecule has 0 radical (unpaired) electrons. The molecular weight excluding hydrogens is 420 g/mol. The van der Waals surface area contributed by atoms with E-state index >= 15 is 0 Å². The zero-order valence-corrected chi connectivity index (χ0v) is 20.6. The van der Waals surface area contributed by atoms with Gasteiger partial charge in [0.15, 0.2) is 5.16 Å². The van der Waals surface area contributed by atoms with E-state index in [9.17, 15) is 13.2 Å². The van der Waals surface area contributed by atoms with E-state index in [1.807, 2.05) is 27.7 Å². The molecule has 1 atom stereocenters. The number of nitrogens with zero attached hydrogens (tertiary/aromatic N) is 3. The molecule has 1 N–H and O–H groups in total. The van der Waals surface area contributed by atoms with Gasteiger partial charge in [0.05, 0.1) is 15.8 Å². The second-order valence-corrected chi connectivity index (χ2v) is 11.5. The largest absolute Gasteiger partial charge is 0.325 e. The van der Waals surface area contributed by atoms with Gasteiger partial charge in [-0.2, -0.15) is 0 Å². The van der Waals surface area contributed by atoms with E-state index in [-0.39, 0.29) is 10.8 Å². The molecule has 1 aromatic carbocycles. The third-order valence-corrected chi connectivity index (χ3v) is 7.77. The first-order chi connectivity index (χ1) is 13.8. The lowest BCUT2D eigenvalue weighted by atomic mass is 10.2. The minimum atomic E-state index is -3.58. The molecule has 30 heavy (non-hydrogen) atoms. The number of aryl methyl sites for hydroxylation is 2. The maximum absolute atomic E-state index is 12.9. The highest BCUT2D eigenvalue weighted by Crippen LogP contribution is 2.28. The Labute approximate surface area is 184 Å². The number of imidazole rings is 1. The molecule has 0 aliphatic carbocycles. The highest BCUT2D eigenvalue weighted by Gasteiger charge is 2.22. The maximum Gasteiger partial charge on any atom is 0.242 e. The third-order valence-electron chi connectivity index (χ3n) is 4.87. The zero-order valence-electron chi connectivity index (χ0n) is 19.0. The fourth-order valence-electron chi connectivity index (χ4n) is 2.85. The fraction of sp³-hybridized carbons (Fsp3) is 0.524. The van der Waals surface area contributed by atoms with Crippen molar-refractivity contribution >= 4 is 33.4 Å². The van der Waals surface area contributed by atoms with E-state index in [0.717, 1.165) is 33.0 Å². The molecule has 0 aliphatic heterocycles. The van der Waals surface area contributed by atoms with E-state index in [1.165, 1.54) is 31.9 Å². The molecule has 0 saturated heterocycles. The molecule has 9 heteroatoms. The molecule has 0 saturated carbocycles. The van der Waals surface area contributed by atoms with Crippen molar-refractivity contribution in [3.05, 3.63) is 35.2 Å². The van der Waals surface area contributed by atoms with Gasteiger partial charge in [0.25, 0.3) is 0 Å². The van der Waals surface area contributed by atoms with Crippen LogP contribution in [0.5, 0.6) is 0 Å². The van der Waals surface area contributed by atoms with Crippen LogP contribution in [-0.4, -0.2) is 47.5 Å². The molecule has 0 bridgehead atoms. The summed E-state index contributed by atoms with van der Waals surface area (Å²) in [6.45, 7) is 12.8. The SMILES string of the molecule is Cc1ccc(S(=O)(=O)N(C)C)cc1NC(=O)C(C)Sc1nc(C)c(C)n1CC(C)C. The number of carbonyl (C=O) groups excluding carboxylic acids is 1. The summed E-state index contributed by atoms with van der Waals surface area (Å²) in [5, 5.41) is 3.31. The number of benzene rings is 1. The molecule has 2 aromatic rings. The number of hydrogen-bond acceptors (Lipinski definition) is 5. The van der Waals surface area contributed by atoms with Crippen molar-refractivity contribution in [3.8, 4) is 0 Å². The summed E-state index contributed by atoms with van der Waals surface area (Å²) < 4.78 is 28.1. The predicted molar refractivity (Wildman–Crippen MR) is 123 cm³/mol. The first-order valence-corrected chi connectivity index (χ1v) is 12.2. The van der Waals surface area contributed by atoms with E-state index in [1.54, 1.807) is 12.1 Å². The Bertz CT molecular complexity index is 1030. The van der Waals surface area contributed by atoms with Gasteiger partial charge in [0.1, 0.15) is 0 Å². The van der Waals surface area contributed by atoms with Gasteiger partial charge in [-0.1, -0.05) is 31.7 Å². The van der Waals surface area contributed by atoms with Gasteiger partial charge < -0.3 is 9.88 Å². The van der Waals surface area contributed by atoms with E-state index in [2.05, 4.69) is 28.7 Å². The summed E-state index contributed by atoms with van der Waals surface area (Å²) in [5.41, 5.74) is 3.36. The number of nitrogens with one attached hydrogen (secondary N) is 1. The molecule has 7 nitrogen and oxygen atoms in total. The Morgan fingerprint density at radius 2 is 1.83 bits per heavy atom. The van der Waals surface area contributed by atoms with E-state index in [4.69, 9.17) is 0 Å². The number of rotatable bonds is 8. The van der Waals surface area contributed by atoms with Crippen LogP contribution in [0.1, 0.15) is 37.7 Å². The van der Waals surface area contributed by atoms with Crippen molar-refractivity contribution in [2.75, 3.05) is 19.4 Å². The zero-order chi connectivity index (χ0) is 22.8. The average molecular weight is 453 g/mol. The molecule has 0 aliphatic rings. The first kappa shape index (κ1) is 24.4. The maximum atomic E-state index is 12.9. The minimum Gasteiger partial charge on any atom is -0.325 e. The van der Waals surface area contributed by atoms with Gasteiger partial charge in [-0.25, -0.2) is 17.7 Å². The van der Waals surface area contributed by atoms with Crippen LogP contribution in [0.15, 0.2) is 28.3 Å². The Balaban J connectivity index is 2.22. The van der Waals surface area contributed by atoms with Gasteiger partial charge >= 0.3 is 0 Å². The molecule has 2 rings (SSSR count). The summed E-state index contributed by atoms with van der Waals surface area (Å²) in [6, 6.07) is 4.76. The molecule has 1 amide bonds. The lowest BCUT2D eigenvalue weighted by molar-refractivity contribution is -0.115. The molecular formula is C21H32N4O3S2. The van der Waals surface area contributed by atoms with Crippen molar-refractivity contribution in [3.63, 3.8) is 0 Å². The van der Waals surface area contributed by atoms with Crippen molar-refractivity contribution in [2.45, 2.75) is 63.4 Å². The van der Waals surface area contributed by atoms with Gasteiger partial charge in [-0.15, -0.1) is 0 Å². The molecule has 1 unspecified atom stereocenters. The van der Waals surface area contributed by atoms with Gasteiger partial charge in [0, 0.05) is 32.0 Å². The van der Waals surface area contributed by atoms with Crippen LogP contribution in [0.3, 0.4) is 0 Å². The number of anilines is 1. The van der Waals surface area contributed by atoms with Crippen molar-refractivity contribution in [1.29, 1.82) is 0 Å². The van der Waals surface area contributed by atoms with E-state index < -0.39 is 15.3 Å². The average Bonchev–Trinajstić information content (AvgIpc) is 2.90. The molecule has 1 heterocycles. The number of sulfonamides is 1. The van der Waals surface area contributed by atoms with Crippen LogP contribution < -0.4 is 5.32 Å². The van der Waals surface area contributed by atoms with Gasteiger partial charge in [-0.3, -0.25) is 4.79 Å². The summed E-state index contributed by atoms with van der Waals surface area (Å²) in [6.07, 6.45) is 0.